The summed E-state index contributed by atoms with van der Waals surface area (Å²) >= 11 is 5.86. The van der Waals surface area contributed by atoms with Gasteiger partial charge < -0.3 is 0 Å². The van der Waals surface area contributed by atoms with E-state index in [1.165, 1.54) is 44.9 Å². The molecule has 0 radical (unpaired) electrons. The van der Waals surface area contributed by atoms with Crippen LogP contribution in [0.1, 0.15) is 21.6 Å². The van der Waals surface area contributed by atoms with Crippen molar-refractivity contribution in [3.8, 4) is 0 Å². The second-order valence-corrected chi connectivity index (χ2v) is 8.66. The molecule has 0 nitrogen and oxygen atoms in total. The molecule has 3 heteroatoms. The lowest BCUT2D eigenvalue weighted by Crippen LogP contribution is -1.68. The maximum Gasteiger partial charge on any atom is 0.0447 e. The molecule has 0 spiro atoms. The molecule has 0 N–H and O–H groups in total. The van der Waals surface area contributed by atoms with Crippen LogP contribution in [-0.4, -0.2) is 0 Å². The molecule has 1 aromatic carbocycles. The molecule has 0 saturated carbocycles. The molecule has 4 aromatic rings. The van der Waals surface area contributed by atoms with Crippen molar-refractivity contribution in [2.24, 2.45) is 0 Å². The maximum atomic E-state index is 2.41. The third kappa shape index (κ3) is 1.62. The van der Waals surface area contributed by atoms with Crippen LogP contribution in [0.2, 0.25) is 0 Å². The Labute approximate surface area is 124 Å². The summed E-state index contributed by atoms with van der Waals surface area (Å²) in [5.41, 5.74) is 0. The van der Waals surface area contributed by atoms with Gasteiger partial charge in [0.25, 0.3) is 0 Å². The van der Waals surface area contributed by atoms with Crippen LogP contribution in [0, 0.1) is 13.8 Å². The van der Waals surface area contributed by atoms with Crippen LogP contribution in [-0.2, 0) is 6.42 Å². The first-order chi connectivity index (χ1) is 9.17. The van der Waals surface area contributed by atoms with Crippen LogP contribution in [0.15, 0.2) is 18.2 Å². The van der Waals surface area contributed by atoms with Crippen LogP contribution >= 0.6 is 34.0 Å². The lowest BCUT2D eigenvalue weighted by molar-refractivity contribution is 1.19. The largest absolute Gasteiger partial charge is 0.140 e. The molecular formula is C16H14S3. The Hall–Kier alpha value is -0.900. The minimum absolute atomic E-state index is 1.13. The molecule has 0 amide bonds. The van der Waals surface area contributed by atoms with Crippen LogP contribution in [0.4, 0.5) is 0 Å². The van der Waals surface area contributed by atoms with E-state index in [4.69, 9.17) is 0 Å². The average molecular weight is 302 g/mol. The van der Waals surface area contributed by atoms with Gasteiger partial charge in [-0.2, -0.15) is 0 Å². The predicted octanol–water partition coefficient (Wildman–Crippen LogP) is 6.51. The van der Waals surface area contributed by atoms with E-state index in [1.54, 1.807) is 0 Å². The van der Waals surface area contributed by atoms with Gasteiger partial charge in [-0.3, -0.25) is 0 Å². The van der Waals surface area contributed by atoms with E-state index in [0.29, 0.717) is 0 Å². The Bertz CT molecular complexity index is 844. The minimum Gasteiger partial charge on any atom is -0.140 e. The minimum atomic E-state index is 1.13. The van der Waals surface area contributed by atoms with Gasteiger partial charge in [0.15, 0.2) is 0 Å². The predicted molar refractivity (Wildman–Crippen MR) is 91.4 cm³/mol. The molecule has 3 heterocycles. The lowest BCUT2D eigenvalue weighted by Gasteiger charge is -1.96. The highest BCUT2D eigenvalue weighted by Crippen LogP contribution is 2.45. The number of benzene rings is 1. The quantitative estimate of drug-likeness (QED) is 0.376. The molecule has 0 aliphatic heterocycles. The summed E-state index contributed by atoms with van der Waals surface area (Å²) < 4.78 is 4.46. The smallest absolute Gasteiger partial charge is 0.0447 e. The zero-order valence-electron chi connectivity index (χ0n) is 11.2. The molecule has 0 fully saturated rings. The van der Waals surface area contributed by atoms with Gasteiger partial charge >= 0.3 is 0 Å². The van der Waals surface area contributed by atoms with Gasteiger partial charge in [0.2, 0.25) is 0 Å². The van der Waals surface area contributed by atoms with E-state index in [-0.39, 0.29) is 0 Å². The average Bonchev–Trinajstić information content (AvgIpc) is 3.02. The topological polar surface area (TPSA) is 0 Å². The normalized spacial score (nSPS) is 12.2. The summed E-state index contributed by atoms with van der Waals surface area (Å²) in [4.78, 5) is 4.33. The van der Waals surface area contributed by atoms with Crippen molar-refractivity contribution in [2.75, 3.05) is 0 Å². The van der Waals surface area contributed by atoms with E-state index in [0.717, 1.165) is 6.42 Å². The summed E-state index contributed by atoms with van der Waals surface area (Å²) in [6.45, 7) is 6.68. The van der Waals surface area contributed by atoms with Gasteiger partial charge in [-0.25, -0.2) is 0 Å². The Morgan fingerprint density at radius 3 is 1.74 bits per heavy atom. The number of hydrogen-bond acceptors (Lipinski definition) is 3. The fourth-order valence-corrected chi connectivity index (χ4v) is 6.15. The fraction of sp³-hybridized carbons (Fsp3) is 0.250. The van der Waals surface area contributed by atoms with Crippen molar-refractivity contribution < 1.29 is 0 Å². The van der Waals surface area contributed by atoms with Crippen LogP contribution < -0.4 is 0 Å². The third-order valence-corrected chi connectivity index (χ3v) is 7.06. The van der Waals surface area contributed by atoms with E-state index in [1.807, 2.05) is 34.0 Å². The zero-order valence-corrected chi connectivity index (χ0v) is 13.6. The Kier molecular flexibility index (Phi) is 2.53. The fourth-order valence-electron chi connectivity index (χ4n) is 2.75. The summed E-state index contributed by atoms with van der Waals surface area (Å²) in [6, 6.07) is 7.14. The Balaban J connectivity index is 2.35. The zero-order chi connectivity index (χ0) is 13.1. The van der Waals surface area contributed by atoms with E-state index in [9.17, 15) is 0 Å². The molecule has 0 unspecified atom stereocenters. The number of rotatable bonds is 1. The first-order valence-electron chi connectivity index (χ1n) is 6.52. The Morgan fingerprint density at radius 1 is 0.737 bits per heavy atom. The molecule has 4 rings (SSSR count). The third-order valence-electron chi connectivity index (χ3n) is 3.58. The van der Waals surface area contributed by atoms with Crippen LogP contribution in [0.5, 0.6) is 0 Å². The van der Waals surface area contributed by atoms with Crippen LogP contribution in [0.3, 0.4) is 0 Å². The van der Waals surface area contributed by atoms with Crippen molar-refractivity contribution in [3.63, 3.8) is 0 Å². The molecular weight excluding hydrogens is 288 g/mol. The van der Waals surface area contributed by atoms with Crippen molar-refractivity contribution >= 4 is 64.3 Å². The Morgan fingerprint density at radius 2 is 1.21 bits per heavy atom. The standard InChI is InChI=1S/C16H14S3/c1-4-10-7-13-15-11(5-8(2)18-15)14-12(16(13)19-10)6-9(3)17-14/h5-7H,4H2,1-3H3. The summed E-state index contributed by atoms with van der Waals surface area (Å²) in [5, 5.41) is 4.40. The van der Waals surface area contributed by atoms with Crippen molar-refractivity contribution in [3.05, 3.63) is 32.8 Å². The molecule has 0 aliphatic rings. The van der Waals surface area contributed by atoms with Crippen LogP contribution in [0.25, 0.3) is 30.3 Å². The molecule has 3 aromatic heterocycles. The summed E-state index contributed by atoms with van der Waals surface area (Å²) in [6.07, 6.45) is 1.13. The van der Waals surface area contributed by atoms with Gasteiger partial charge in [0.1, 0.15) is 0 Å². The molecule has 0 atom stereocenters. The first-order valence-corrected chi connectivity index (χ1v) is 8.97. The summed E-state index contributed by atoms with van der Waals surface area (Å²) in [7, 11) is 0. The van der Waals surface area contributed by atoms with Gasteiger partial charge in [-0.05, 0) is 38.5 Å². The highest BCUT2D eigenvalue weighted by molar-refractivity contribution is 7.26. The molecule has 96 valence electrons. The van der Waals surface area contributed by atoms with E-state index >= 15 is 0 Å². The van der Waals surface area contributed by atoms with Gasteiger partial charge in [0.05, 0.1) is 0 Å². The summed E-state index contributed by atoms with van der Waals surface area (Å²) in [5.74, 6) is 0. The number of fused-ring (bicyclic) bond motifs is 6. The van der Waals surface area contributed by atoms with Crippen molar-refractivity contribution in [2.45, 2.75) is 27.2 Å². The molecule has 0 aliphatic carbocycles. The van der Waals surface area contributed by atoms with Gasteiger partial charge in [-0.1, -0.05) is 6.92 Å². The maximum absolute atomic E-state index is 2.41. The SMILES string of the molecule is CCc1cc2c3sc(C)cc3c3sc(C)cc3c2s1. The first kappa shape index (κ1) is 11.9. The van der Waals surface area contributed by atoms with Gasteiger partial charge in [-0.15, -0.1) is 34.0 Å². The number of aryl methyl sites for hydroxylation is 3. The number of hydrogen-bond donors (Lipinski definition) is 0. The molecule has 0 saturated heterocycles. The second-order valence-electron chi connectivity index (χ2n) is 5.01. The van der Waals surface area contributed by atoms with Gasteiger partial charge in [0, 0.05) is 44.9 Å². The highest BCUT2D eigenvalue weighted by Gasteiger charge is 2.15. The monoisotopic (exact) mass is 302 g/mol. The number of thiophene rings is 3. The highest BCUT2D eigenvalue weighted by atomic mass is 32.1. The van der Waals surface area contributed by atoms with E-state index in [2.05, 4.69) is 39.0 Å². The second kappa shape index (κ2) is 4.05. The lowest BCUT2D eigenvalue weighted by atomic mass is 10.1. The van der Waals surface area contributed by atoms with Crippen molar-refractivity contribution in [1.29, 1.82) is 0 Å². The molecule has 19 heavy (non-hydrogen) atoms. The molecule has 0 bridgehead atoms. The van der Waals surface area contributed by atoms with Crippen molar-refractivity contribution in [1.82, 2.24) is 0 Å². The van der Waals surface area contributed by atoms with E-state index < -0.39 is 0 Å².